The molecule has 0 aromatic heterocycles. The van der Waals surface area contributed by atoms with Gasteiger partial charge in [-0.25, -0.2) is 0 Å². The van der Waals surface area contributed by atoms with E-state index in [-0.39, 0.29) is 29.6 Å². The van der Waals surface area contributed by atoms with Gasteiger partial charge in [0.25, 0.3) is 0 Å². The molecule has 1 aliphatic carbocycles. The Morgan fingerprint density at radius 2 is 1.87 bits per heavy atom. The van der Waals surface area contributed by atoms with Crippen molar-refractivity contribution in [1.29, 1.82) is 0 Å². The number of nitrogens with one attached hydrogen (secondary N) is 2. The van der Waals surface area contributed by atoms with Gasteiger partial charge in [0, 0.05) is 25.0 Å². The Bertz CT molecular complexity index is 508. The van der Waals surface area contributed by atoms with E-state index in [1.807, 2.05) is 12.1 Å². The first kappa shape index (κ1) is 18.1. The van der Waals surface area contributed by atoms with Crippen molar-refractivity contribution in [2.24, 2.45) is 5.92 Å². The van der Waals surface area contributed by atoms with E-state index in [9.17, 15) is 4.79 Å². The third kappa shape index (κ3) is 3.99. The average Bonchev–Trinajstić information content (AvgIpc) is 2.52. The number of halogens is 1. The summed E-state index contributed by atoms with van der Waals surface area (Å²) in [6.07, 6.45) is 6.10. The number of carbonyl (C=O) groups excluding carboxylic acids is 1. The maximum absolute atomic E-state index is 12.2. The summed E-state index contributed by atoms with van der Waals surface area (Å²) in [4.78, 5) is 12.2. The van der Waals surface area contributed by atoms with Gasteiger partial charge in [0.2, 0.25) is 5.91 Å². The van der Waals surface area contributed by atoms with Crippen molar-refractivity contribution in [2.75, 3.05) is 26.7 Å². The normalized spacial score (nSPS) is 20.0. The Morgan fingerprint density at radius 3 is 2.39 bits per heavy atom. The van der Waals surface area contributed by atoms with Gasteiger partial charge < -0.3 is 15.4 Å². The minimum Gasteiger partial charge on any atom is -0.497 e. The van der Waals surface area contributed by atoms with Gasteiger partial charge in [-0.1, -0.05) is 31.4 Å². The summed E-state index contributed by atoms with van der Waals surface area (Å²) in [6, 6.07) is 8.40. The Morgan fingerprint density at radius 1 is 1.22 bits per heavy atom. The zero-order valence-electron chi connectivity index (χ0n) is 13.8. The minimum absolute atomic E-state index is 0. The van der Waals surface area contributed by atoms with E-state index in [1.54, 1.807) is 7.11 Å². The summed E-state index contributed by atoms with van der Waals surface area (Å²) < 4.78 is 5.26. The fraction of sp³-hybridized carbons (Fsp3) is 0.611. The predicted molar refractivity (Wildman–Crippen MR) is 94.4 cm³/mol. The fourth-order valence-electron chi connectivity index (χ4n) is 3.62. The Labute approximate surface area is 144 Å². The largest absolute Gasteiger partial charge is 0.497 e. The zero-order chi connectivity index (χ0) is 15.4. The summed E-state index contributed by atoms with van der Waals surface area (Å²) in [5.41, 5.74) is 1.43. The van der Waals surface area contributed by atoms with Crippen LogP contribution in [-0.2, 0) is 10.2 Å². The number of amides is 1. The summed E-state index contributed by atoms with van der Waals surface area (Å²) in [5.74, 6) is 1.26. The second-order valence-electron chi connectivity index (χ2n) is 6.64. The molecule has 3 rings (SSSR count). The monoisotopic (exact) mass is 338 g/mol. The quantitative estimate of drug-likeness (QED) is 0.867. The lowest BCUT2D eigenvalue weighted by atomic mass is 9.69. The summed E-state index contributed by atoms with van der Waals surface area (Å²) in [5, 5.41) is 6.37. The van der Waals surface area contributed by atoms with Gasteiger partial charge >= 0.3 is 0 Å². The lowest BCUT2D eigenvalue weighted by Crippen LogP contribution is -2.53. The highest BCUT2D eigenvalue weighted by molar-refractivity contribution is 5.85. The van der Waals surface area contributed by atoms with E-state index in [2.05, 4.69) is 22.8 Å². The van der Waals surface area contributed by atoms with Gasteiger partial charge in [0.1, 0.15) is 5.75 Å². The summed E-state index contributed by atoms with van der Waals surface area (Å²) in [7, 11) is 1.69. The number of rotatable bonds is 5. The van der Waals surface area contributed by atoms with Crippen molar-refractivity contribution in [2.45, 2.75) is 37.5 Å². The molecule has 128 valence electrons. The van der Waals surface area contributed by atoms with Crippen LogP contribution in [0.2, 0.25) is 0 Å². The highest BCUT2D eigenvalue weighted by Crippen LogP contribution is 2.39. The number of hydrogen-bond donors (Lipinski definition) is 2. The van der Waals surface area contributed by atoms with Crippen LogP contribution in [0.15, 0.2) is 24.3 Å². The van der Waals surface area contributed by atoms with Crippen LogP contribution in [-0.4, -0.2) is 32.7 Å². The second kappa shape index (κ2) is 8.02. The third-order valence-corrected chi connectivity index (χ3v) is 5.27. The number of benzene rings is 1. The molecule has 5 heteroatoms. The molecule has 4 nitrogen and oxygen atoms in total. The first-order valence-electron chi connectivity index (χ1n) is 8.36. The van der Waals surface area contributed by atoms with Crippen LogP contribution in [0.4, 0.5) is 0 Å². The van der Waals surface area contributed by atoms with Gasteiger partial charge in [0.15, 0.2) is 0 Å². The first-order chi connectivity index (χ1) is 10.7. The Kier molecular flexibility index (Phi) is 6.31. The van der Waals surface area contributed by atoms with Crippen LogP contribution < -0.4 is 15.4 Å². The van der Waals surface area contributed by atoms with Gasteiger partial charge in [-0.3, -0.25) is 4.79 Å². The maximum atomic E-state index is 12.2. The molecule has 1 saturated heterocycles. The standard InChI is InChI=1S/C18H26N2O2.ClH/c1-22-16-7-5-15(6-8-16)18(9-3-2-4-10-18)13-20-17(21)14-11-19-12-14;/h5-8,14,19H,2-4,9-13H2,1H3,(H,20,21);1H. The van der Waals surface area contributed by atoms with Crippen molar-refractivity contribution in [3.8, 4) is 5.75 Å². The van der Waals surface area contributed by atoms with Gasteiger partial charge in [-0.05, 0) is 30.5 Å². The van der Waals surface area contributed by atoms with Crippen LogP contribution in [0.3, 0.4) is 0 Å². The lowest BCUT2D eigenvalue weighted by molar-refractivity contribution is -0.126. The van der Waals surface area contributed by atoms with E-state index >= 15 is 0 Å². The average molecular weight is 339 g/mol. The SMILES string of the molecule is COc1ccc(C2(CNC(=O)C3CNC3)CCCCC2)cc1.Cl. The van der Waals surface area contributed by atoms with Crippen molar-refractivity contribution in [3.05, 3.63) is 29.8 Å². The molecule has 2 aliphatic rings. The second-order valence-corrected chi connectivity index (χ2v) is 6.64. The Hall–Kier alpha value is -1.26. The molecule has 2 N–H and O–H groups in total. The van der Waals surface area contributed by atoms with E-state index in [0.717, 1.165) is 38.2 Å². The molecule has 1 aromatic rings. The molecule has 0 atom stereocenters. The molecule has 1 amide bonds. The molecule has 0 unspecified atom stereocenters. The van der Waals surface area contributed by atoms with Crippen molar-refractivity contribution in [1.82, 2.24) is 10.6 Å². The van der Waals surface area contributed by atoms with Gasteiger partial charge in [-0.15, -0.1) is 12.4 Å². The molecule has 23 heavy (non-hydrogen) atoms. The predicted octanol–water partition coefficient (Wildman–Crippen LogP) is 2.65. The van der Waals surface area contributed by atoms with E-state index < -0.39 is 0 Å². The number of carbonyl (C=O) groups is 1. The van der Waals surface area contributed by atoms with Gasteiger partial charge in [0.05, 0.1) is 13.0 Å². The van der Waals surface area contributed by atoms with E-state index in [0.29, 0.717) is 0 Å². The molecular formula is C18H27ClN2O2. The molecule has 1 saturated carbocycles. The highest BCUT2D eigenvalue weighted by Gasteiger charge is 2.35. The smallest absolute Gasteiger partial charge is 0.225 e. The molecule has 0 bridgehead atoms. The minimum atomic E-state index is 0. The van der Waals surface area contributed by atoms with E-state index in [4.69, 9.17) is 4.74 Å². The molecule has 2 fully saturated rings. The summed E-state index contributed by atoms with van der Waals surface area (Å²) in [6.45, 7) is 2.40. The lowest BCUT2D eigenvalue weighted by Gasteiger charge is -2.39. The molecule has 1 aromatic carbocycles. The van der Waals surface area contributed by atoms with E-state index in [1.165, 1.54) is 24.8 Å². The molecule has 1 aliphatic heterocycles. The topological polar surface area (TPSA) is 50.4 Å². The Balaban J connectivity index is 0.00000192. The van der Waals surface area contributed by atoms with Crippen LogP contribution in [0.25, 0.3) is 0 Å². The number of ether oxygens (including phenoxy) is 1. The number of methoxy groups -OCH3 is 1. The fourth-order valence-corrected chi connectivity index (χ4v) is 3.62. The third-order valence-electron chi connectivity index (χ3n) is 5.27. The zero-order valence-corrected chi connectivity index (χ0v) is 14.6. The molecular weight excluding hydrogens is 312 g/mol. The van der Waals surface area contributed by atoms with Crippen molar-refractivity contribution >= 4 is 18.3 Å². The molecule has 0 radical (unpaired) electrons. The van der Waals surface area contributed by atoms with Crippen LogP contribution in [0.5, 0.6) is 5.75 Å². The van der Waals surface area contributed by atoms with Crippen LogP contribution >= 0.6 is 12.4 Å². The molecule has 0 spiro atoms. The van der Waals surface area contributed by atoms with Crippen molar-refractivity contribution in [3.63, 3.8) is 0 Å². The first-order valence-corrected chi connectivity index (χ1v) is 8.36. The van der Waals surface area contributed by atoms with Crippen LogP contribution in [0, 0.1) is 5.92 Å². The summed E-state index contributed by atoms with van der Waals surface area (Å²) >= 11 is 0. The molecule has 1 heterocycles. The van der Waals surface area contributed by atoms with Crippen molar-refractivity contribution < 1.29 is 9.53 Å². The highest BCUT2D eigenvalue weighted by atomic mass is 35.5. The number of hydrogen-bond acceptors (Lipinski definition) is 3. The maximum Gasteiger partial charge on any atom is 0.225 e. The van der Waals surface area contributed by atoms with Gasteiger partial charge in [-0.2, -0.15) is 0 Å². The van der Waals surface area contributed by atoms with Crippen LogP contribution in [0.1, 0.15) is 37.7 Å².